The van der Waals surface area contributed by atoms with Crippen molar-refractivity contribution in [1.82, 2.24) is 5.16 Å². The van der Waals surface area contributed by atoms with Crippen LogP contribution in [0.3, 0.4) is 0 Å². The lowest BCUT2D eigenvalue weighted by atomic mass is 10.2. The van der Waals surface area contributed by atoms with Crippen molar-refractivity contribution in [2.75, 3.05) is 11.9 Å². The van der Waals surface area contributed by atoms with Gasteiger partial charge in [-0.15, -0.1) is 0 Å². The summed E-state index contributed by atoms with van der Waals surface area (Å²) in [5.74, 6) is -1.56. The number of aryl methyl sites for hydroxylation is 2. The number of benzene rings is 1. The van der Waals surface area contributed by atoms with Crippen molar-refractivity contribution in [3.05, 3.63) is 51.4 Å². The summed E-state index contributed by atoms with van der Waals surface area (Å²) in [6.45, 7) is 2.77. The molecule has 0 saturated carbocycles. The first-order chi connectivity index (χ1) is 10.9. The number of nitro groups is 1. The molecule has 23 heavy (non-hydrogen) atoms. The fourth-order valence-electron chi connectivity index (χ4n) is 1.71. The summed E-state index contributed by atoms with van der Waals surface area (Å²) >= 11 is 0. The van der Waals surface area contributed by atoms with Gasteiger partial charge >= 0.3 is 5.97 Å². The Balaban J connectivity index is 1.96. The molecule has 2 rings (SSSR count). The molecule has 2 aromatic rings. The van der Waals surface area contributed by atoms with Gasteiger partial charge in [-0.1, -0.05) is 11.2 Å². The van der Waals surface area contributed by atoms with E-state index in [4.69, 9.17) is 9.26 Å². The molecule has 0 unspecified atom stereocenters. The third-order valence-electron chi connectivity index (χ3n) is 2.87. The third kappa shape index (κ3) is 4.13. The first-order valence-corrected chi connectivity index (χ1v) is 6.52. The molecule has 0 fully saturated rings. The van der Waals surface area contributed by atoms with E-state index in [-0.39, 0.29) is 17.1 Å². The molecule has 0 aliphatic carbocycles. The minimum Gasteiger partial charge on any atom is -0.450 e. The van der Waals surface area contributed by atoms with E-state index in [0.29, 0.717) is 11.3 Å². The molecule has 9 heteroatoms. The largest absolute Gasteiger partial charge is 0.450 e. The van der Waals surface area contributed by atoms with E-state index in [2.05, 4.69) is 10.5 Å². The topological polar surface area (TPSA) is 125 Å². The van der Waals surface area contributed by atoms with Gasteiger partial charge in [-0.05, 0) is 19.4 Å². The number of non-ortho nitro benzene ring substituents is 1. The molecule has 1 aromatic heterocycles. The first kappa shape index (κ1) is 16.1. The van der Waals surface area contributed by atoms with Crippen LogP contribution >= 0.6 is 0 Å². The van der Waals surface area contributed by atoms with Gasteiger partial charge in [0, 0.05) is 18.2 Å². The summed E-state index contributed by atoms with van der Waals surface area (Å²) in [6.07, 6.45) is 0. The maximum absolute atomic E-state index is 11.8. The summed E-state index contributed by atoms with van der Waals surface area (Å²) in [7, 11) is 0. The average molecular weight is 319 g/mol. The molecule has 0 atom stereocenters. The Labute approximate surface area is 130 Å². The lowest BCUT2D eigenvalue weighted by Crippen LogP contribution is -2.21. The first-order valence-electron chi connectivity index (χ1n) is 6.52. The SMILES string of the molecule is Cc1cc(C(=O)OCC(=O)Nc2cc([N+](=O)[O-])ccc2C)on1. The lowest BCUT2D eigenvalue weighted by Gasteiger charge is -2.08. The van der Waals surface area contributed by atoms with E-state index in [1.54, 1.807) is 13.8 Å². The molecule has 9 nitrogen and oxygen atoms in total. The van der Waals surface area contributed by atoms with Crippen LogP contribution in [0.1, 0.15) is 21.8 Å². The van der Waals surface area contributed by atoms with Gasteiger partial charge in [0.05, 0.1) is 16.3 Å². The van der Waals surface area contributed by atoms with Gasteiger partial charge in [-0.2, -0.15) is 0 Å². The molecule has 120 valence electrons. The molecule has 0 saturated heterocycles. The molecule has 1 aromatic carbocycles. The predicted molar refractivity (Wildman–Crippen MR) is 78.0 cm³/mol. The van der Waals surface area contributed by atoms with E-state index in [1.807, 2.05) is 0 Å². The second kappa shape index (κ2) is 6.69. The maximum atomic E-state index is 11.8. The zero-order valence-electron chi connectivity index (χ0n) is 12.4. The second-order valence-corrected chi connectivity index (χ2v) is 4.71. The molecular formula is C14H13N3O6. The van der Waals surface area contributed by atoms with Crippen LogP contribution in [0.15, 0.2) is 28.8 Å². The van der Waals surface area contributed by atoms with Crippen LogP contribution < -0.4 is 5.32 Å². The van der Waals surface area contributed by atoms with Crippen LogP contribution in [0.2, 0.25) is 0 Å². The summed E-state index contributed by atoms with van der Waals surface area (Å²) in [4.78, 5) is 33.5. The zero-order valence-corrected chi connectivity index (χ0v) is 12.4. The molecule has 1 amide bonds. The molecule has 0 aliphatic heterocycles. The number of aromatic nitrogens is 1. The van der Waals surface area contributed by atoms with Gasteiger partial charge in [-0.25, -0.2) is 4.79 Å². The Bertz CT molecular complexity index is 768. The summed E-state index contributed by atoms with van der Waals surface area (Å²) in [5, 5.41) is 16.7. The fraction of sp³-hybridized carbons (Fsp3) is 0.214. The number of hydrogen-bond acceptors (Lipinski definition) is 7. The van der Waals surface area contributed by atoms with Crippen LogP contribution in [0.5, 0.6) is 0 Å². The number of anilines is 1. The quantitative estimate of drug-likeness (QED) is 0.507. The second-order valence-electron chi connectivity index (χ2n) is 4.71. The number of rotatable bonds is 5. The van der Waals surface area contributed by atoms with Crippen LogP contribution in [0, 0.1) is 24.0 Å². The van der Waals surface area contributed by atoms with Crippen molar-refractivity contribution in [3.8, 4) is 0 Å². The minimum atomic E-state index is -0.823. The van der Waals surface area contributed by atoms with E-state index in [9.17, 15) is 19.7 Å². The predicted octanol–water partition coefficient (Wildman–Crippen LogP) is 2.00. The fourth-order valence-corrected chi connectivity index (χ4v) is 1.71. The van der Waals surface area contributed by atoms with Crippen molar-refractivity contribution in [2.24, 2.45) is 0 Å². The van der Waals surface area contributed by atoms with Crippen molar-refractivity contribution >= 4 is 23.3 Å². The molecule has 1 heterocycles. The number of carbonyl (C=O) groups is 2. The molecular weight excluding hydrogens is 306 g/mol. The smallest absolute Gasteiger partial charge is 0.377 e. The monoisotopic (exact) mass is 319 g/mol. The molecule has 0 aliphatic rings. The average Bonchev–Trinajstić information content (AvgIpc) is 2.93. The lowest BCUT2D eigenvalue weighted by molar-refractivity contribution is -0.384. The number of nitrogens with zero attached hydrogens (tertiary/aromatic N) is 2. The summed E-state index contributed by atoms with van der Waals surface area (Å²) in [5.41, 5.74) is 1.27. The number of amides is 1. The standard InChI is InChI=1S/C14H13N3O6/c1-8-3-4-10(17(20)21)6-11(8)15-13(18)7-22-14(19)12-5-9(2)16-23-12/h3-6H,7H2,1-2H3,(H,15,18). The van der Waals surface area contributed by atoms with Gasteiger partial charge in [-0.3, -0.25) is 14.9 Å². The van der Waals surface area contributed by atoms with Gasteiger partial charge < -0.3 is 14.6 Å². The van der Waals surface area contributed by atoms with Gasteiger partial charge in [0.1, 0.15) is 0 Å². The zero-order chi connectivity index (χ0) is 17.0. The van der Waals surface area contributed by atoms with E-state index in [1.165, 1.54) is 24.3 Å². The number of carbonyl (C=O) groups excluding carboxylic acids is 2. The number of hydrogen-bond donors (Lipinski definition) is 1. The van der Waals surface area contributed by atoms with E-state index in [0.717, 1.165) is 0 Å². The Morgan fingerprint density at radius 3 is 2.70 bits per heavy atom. The highest BCUT2D eigenvalue weighted by atomic mass is 16.6. The van der Waals surface area contributed by atoms with Crippen LogP contribution in [0.4, 0.5) is 11.4 Å². The Kier molecular flexibility index (Phi) is 4.69. The van der Waals surface area contributed by atoms with Crippen molar-refractivity contribution in [3.63, 3.8) is 0 Å². The highest BCUT2D eigenvalue weighted by Gasteiger charge is 2.16. The minimum absolute atomic E-state index is 0.109. The van der Waals surface area contributed by atoms with E-state index >= 15 is 0 Å². The summed E-state index contributed by atoms with van der Waals surface area (Å²) < 4.78 is 9.48. The third-order valence-corrected chi connectivity index (χ3v) is 2.87. The molecule has 0 bridgehead atoms. The van der Waals surface area contributed by atoms with Crippen LogP contribution in [-0.4, -0.2) is 28.6 Å². The van der Waals surface area contributed by atoms with Gasteiger partial charge in [0.2, 0.25) is 5.76 Å². The van der Waals surface area contributed by atoms with Crippen LogP contribution in [0.25, 0.3) is 0 Å². The highest BCUT2D eigenvalue weighted by Crippen LogP contribution is 2.21. The Morgan fingerprint density at radius 1 is 1.35 bits per heavy atom. The maximum Gasteiger partial charge on any atom is 0.377 e. The van der Waals surface area contributed by atoms with Crippen molar-refractivity contribution < 1.29 is 23.8 Å². The number of ether oxygens (including phenoxy) is 1. The Hall–Kier alpha value is -3.23. The molecule has 1 N–H and O–H groups in total. The van der Waals surface area contributed by atoms with Crippen LogP contribution in [-0.2, 0) is 9.53 Å². The number of nitrogens with one attached hydrogen (secondary N) is 1. The van der Waals surface area contributed by atoms with Crippen molar-refractivity contribution in [1.29, 1.82) is 0 Å². The molecule has 0 spiro atoms. The summed E-state index contributed by atoms with van der Waals surface area (Å²) in [6, 6.07) is 5.45. The van der Waals surface area contributed by atoms with Crippen molar-refractivity contribution in [2.45, 2.75) is 13.8 Å². The van der Waals surface area contributed by atoms with E-state index < -0.39 is 23.4 Å². The highest BCUT2D eigenvalue weighted by molar-refractivity contribution is 5.95. The molecule has 0 radical (unpaired) electrons. The number of nitro benzene ring substituents is 1. The van der Waals surface area contributed by atoms with Gasteiger partial charge in [0.25, 0.3) is 11.6 Å². The Morgan fingerprint density at radius 2 is 2.09 bits per heavy atom. The normalized spacial score (nSPS) is 10.2. The number of esters is 1. The van der Waals surface area contributed by atoms with Gasteiger partial charge in [0.15, 0.2) is 6.61 Å².